The van der Waals surface area contributed by atoms with E-state index in [0.717, 1.165) is 0 Å². The molecule has 2 aromatic rings. The first-order valence-electron chi connectivity index (χ1n) is 5.78. The summed E-state index contributed by atoms with van der Waals surface area (Å²) in [6.45, 7) is 0.109. The molecule has 1 heterocycles. The summed E-state index contributed by atoms with van der Waals surface area (Å²) in [6.07, 6.45) is -5.17. The molecule has 20 heavy (non-hydrogen) atoms. The molecule has 8 heteroatoms. The molecule has 0 radical (unpaired) electrons. The number of rotatable bonds is 4. The van der Waals surface area contributed by atoms with Crippen molar-refractivity contribution in [1.82, 2.24) is 9.55 Å². The predicted molar refractivity (Wildman–Crippen MR) is 77.3 cm³/mol. The SMILES string of the molecule is Fc1cc2c(cc1I)nc(CCl)n2CCCC(F)(F)F. The van der Waals surface area contributed by atoms with Crippen molar-refractivity contribution in [3.63, 3.8) is 0 Å². The van der Waals surface area contributed by atoms with Gasteiger partial charge in [0, 0.05) is 19.0 Å². The maximum absolute atomic E-state index is 13.6. The standard InChI is InChI=1S/C12H10ClF4IN2/c13-6-11-19-9-5-8(18)7(14)4-10(9)20(11)3-1-2-12(15,16)17/h4-5H,1-3,6H2. The van der Waals surface area contributed by atoms with E-state index in [1.165, 1.54) is 6.07 Å². The average molecular weight is 421 g/mol. The van der Waals surface area contributed by atoms with E-state index < -0.39 is 18.4 Å². The molecule has 0 bridgehead atoms. The molecule has 0 saturated heterocycles. The Balaban J connectivity index is 2.33. The first-order chi connectivity index (χ1) is 9.31. The minimum Gasteiger partial charge on any atom is -0.327 e. The molecule has 0 saturated carbocycles. The van der Waals surface area contributed by atoms with Crippen LogP contribution in [-0.4, -0.2) is 15.7 Å². The number of alkyl halides is 4. The molecule has 110 valence electrons. The van der Waals surface area contributed by atoms with Gasteiger partial charge in [-0.3, -0.25) is 0 Å². The highest BCUT2D eigenvalue weighted by Crippen LogP contribution is 2.25. The van der Waals surface area contributed by atoms with Crippen LogP contribution in [0.25, 0.3) is 11.0 Å². The number of aryl methyl sites for hydroxylation is 1. The third-order valence-electron chi connectivity index (χ3n) is 2.83. The molecule has 0 unspecified atom stereocenters. The molecule has 0 fully saturated rings. The number of fused-ring (bicyclic) bond motifs is 1. The van der Waals surface area contributed by atoms with Crippen LogP contribution in [-0.2, 0) is 12.4 Å². The first kappa shape index (κ1) is 15.8. The highest BCUT2D eigenvalue weighted by atomic mass is 127. The molecule has 0 atom stereocenters. The lowest BCUT2D eigenvalue weighted by molar-refractivity contribution is -0.135. The van der Waals surface area contributed by atoms with Crippen LogP contribution in [0.15, 0.2) is 12.1 Å². The van der Waals surface area contributed by atoms with Gasteiger partial charge in [0.2, 0.25) is 0 Å². The summed E-state index contributed by atoms with van der Waals surface area (Å²) in [5.74, 6) is 0.0975. The van der Waals surface area contributed by atoms with Gasteiger partial charge in [0.05, 0.1) is 20.5 Å². The van der Waals surface area contributed by atoms with Crippen molar-refractivity contribution in [2.24, 2.45) is 0 Å². The van der Waals surface area contributed by atoms with Crippen molar-refractivity contribution in [2.45, 2.75) is 31.4 Å². The van der Waals surface area contributed by atoms with E-state index in [0.29, 0.717) is 20.4 Å². The molecule has 0 aliphatic heterocycles. The Morgan fingerprint density at radius 3 is 2.60 bits per heavy atom. The second kappa shape index (κ2) is 6.05. The summed E-state index contributed by atoms with van der Waals surface area (Å²) >= 11 is 7.59. The summed E-state index contributed by atoms with van der Waals surface area (Å²) in [7, 11) is 0. The monoisotopic (exact) mass is 420 g/mol. The van der Waals surface area contributed by atoms with E-state index in [2.05, 4.69) is 4.98 Å². The Labute approximate surface area is 131 Å². The average Bonchev–Trinajstić information content (AvgIpc) is 2.66. The van der Waals surface area contributed by atoms with Gasteiger partial charge in [-0.15, -0.1) is 11.6 Å². The lowest BCUT2D eigenvalue weighted by Gasteiger charge is -2.09. The molecule has 2 rings (SSSR count). The molecular weight excluding hydrogens is 410 g/mol. The molecular formula is C12H10ClF4IN2. The van der Waals surface area contributed by atoms with E-state index in [4.69, 9.17) is 11.6 Å². The van der Waals surface area contributed by atoms with Gasteiger partial charge in [-0.25, -0.2) is 9.37 Å². The van der Waals surface area contributed by atoms with Crippen molar-refractivity contribution in [3.8, 4) is 0 Å². The van der Waals surface area contributed by atoms with Crippen molar-refractivity contribution < 1.29 is 17.6 Å². The van der Waals surface area contributed by atoms with Crippen LogP contribution in [0.1, 0.15) is 18.7 Å². The Hall–Kier alpha value is -0.570. The van der Waals surface area contributed by atoms with Crippen molar-refractivity contribution >= 4 is 45.2 Å². The molecule has 0 amide bonds. The zero-order chi connectivity index (χ0) is 14.9. The van der Waals surface area contributed by atoms with E-state index >= 15 is 0 Å². The third-order valence-corrected chi connectivity index (χ3v) is 3.90. The van der Waals surface area contributed by atoms with Gasteiger partial charge in [-0.1, -0.05) is 0 Å². The summed E-state index contributed by atoms with van der Waals surface area (Å²) in [5.41, 5.74) is 1.01. The number of nitrogens with zero attached hydrogens (tertiary/aromatic N) is 2. The number of aromatic nitrogens is 2. The Bertz CT molecular complexity index is 624. The largest absolute Gasteiger partial charge is 0.389 e. The van der Waals surface area contributed by atoms with Crippen LogP contribution < -0.4 is 0 Å². The number of imidazole rings is 1. The fourth-order valence-electron chi connectivity index (χ4n) is 1.96. The van der Waals surface area contributed by atoms with Crippen LogP contribution in [0.2, 0.25) is 0 Å². The number of halogens is 6. The predicted octanol–water partition coefficient (Wildman–Crippen LogP) is 4.86. The van der Waals surface area contributed by atoms with Crippen molar-refractivity contribution in [1.29, 1.82) is 0 Å². The van der Waals surface area contributed by atoms with Gasteiger partial charge in [0.1, 0.15) is 11.6 Å². The molecule has 2 nitrogen and oxygen atoms in total. The summed E-state index contributed by atoms with van der Waals surface area (Å²) in [4.78, 5) is 4.23. The van der Waals surface area contributed by atoms with Crippen LogP contribution in [0.5, 0.6) is 0 Å². The Morgan fingerprint density at radius 1 is 1.30 bits per heavy atom. The number of hydrogen-bond acceptors (Lipinski definition) is 1. The maximum Gasteiger partial charge on any atom is 0.389 e. The van der Waals surface area contributed by atoms with Crippen LogP contribution >= 0.6 is 34.2 Å². The minimum atomic E-state index is -4.20. The van der Waals surface area contributed by atoms with Crippen molar-refractivity contribution in [3.05, 3.63) is 27.3 Å². The topological polar surface area (TPSA) is 17.8 Å². The van der Waals surface area contributed by atoms with E-state index in [1.807, 2.05) is 22.6 Å². The third kappa shape index (κ3) is 3.55. The number of hydrogen-bond donors (Lipinski definition) is 0. The fourth-order valence-corrected chi connectivity index (χ4v) is 2.61. The molecule has 0 aliphatic rings. The van der Waals surface area contributed by atoms with Crippen LogP contribution in [0.4, 0.5) is 17.6 Å². The smallest absolute Gasteiger partial charge is 0.327 e. The highest BCUT2D eigenvalue weighted by molar-refractivity contribution is 14.1. The lowest BCUT2D eigenvalue weighted by Crippen LogP contribution is -2.10. The van der Waals surface area contributed by atoms with E-state index in [9.17, 15) is 17.6 Å². The molecule has 1 aromatic heterocycles. The second-order valence-electron chi connectivity index (χ2n) is 4.29. The van der Waals surface area contributed by atoms with Crippen LogP contribution in [0, 0.1) is 9.39 Å². The van der Waals surface area contributed by atoms with Gasteiger partial charge >= 0.3 is 6.18 Å². The van der Waals surface area contributed by atoms with Gasteiger partial charge in [0.15, 0.2) is 0 Å². The zero-order valence-corrected chi connectivity index (χ0v) is 13.1. The highest BCUT2D eigenvalue weighted by Gasteiger charge is 2.26. The first-order valence-corrected chi connectivity index (χ1v) is 7.40. The normalized spacial score (nSPS) is 12.3. The quantitative estimate of drug-likeness (QED) is 0.392. The van der Waals surface area contributed by atoms with Gasteiger partial charge < -0.3 is 4.57 Å². The number of benzene rings is 1. The second-order valence-corrected chi connectivity index (χ2v) is 5.72. The summed E-state index contributed by atoms with van der Waals surface area (Å²) < 4.78 is 52.1. The van der Waals surface area contributed by atoms with E-state index in [1.54, 1.807) is 10.6 Å². The zero-order valence-electron chi connectivity index (χ0n) is 10.1. The van der Waals surface area contributed by atoms with Crippen molar-refractivity contribution in [2.75, 3.05) is 0 Å². The summed E-state index contributed by atoms with van der Waals surface area (Å²) in [6, 6.07) is 2.84. The van der Waals surface area contributed by atoms with E-state index in [-0.39, 0.29) is 18.8 Å². The van der Waals surface area contributed by atoms with Gasteiger partial charge in [-0.2, -0.15) is 13.2 Å². The lowest BCUT2D eigenvalue weighted by atomic mass is 10.2. The Morgan fingerprint density at radius 2 is 2.00 bits per heavy atom. The maximum atomic E-state index is 13.6. The summed E-state index contributed by atoms with van der Waals surface area (Å²) in [5, 5.41) is 0. The van der Waals surface area contributed by atoms with Crippen LogP contribution in [0.3, 0.4) is 0 Å². The molecule has 1 aromatic carbocycles. The van der Waals surface area contributed by atoms with Gasteiger partial charge in [-0.05, 0) is 35.1 Å². The minimum absolute atomic E-state index is 0.0683. The Kier molecular flexibility index (Phi) is 4.78. The molecule has 0 spiro atoms. The fraction of sp³-hybridized carbons (Fsp3) is 0.417. The molecule has 0 N–H and O–H groups in total. The van der Waals surface area contributed by atoms with Gasteiger partial charge in [0.25, 0.3) is 0 Å². The molecule has 0 aliphatic carbocycles.